The fourth-order valence-electron chi connectivity index (χ4n) is 3.64. The molecule has 1 aliphatic carbocycles. The summed E-state index contributed by atoms with van der Waals surface area (Å²) in [6, 6.07) is -1.11. The molecule has 0 saturated heterocycles. The van der Waals surface area contributed by atoms with Crippen LogP contribution in [0.2, 0.25) is 0 Å². The SMILES string of the molecule is CC(C)(C)OC(=O)N[C@@H](CCCCNN(C(=O)OC(C)(C)C)C1CCC(OCCCCl)C1)C(=O)O. The van der Waals surface area contributed by atoms with E-state index in [9.17, 15) is 19.5 Å². The minimum atomic E-state index is -1.12. The summed E-state index contributed by atoms with van der Waals surface area (Å²) in [5.74, 6) is -0.567. The molecule has 1 aliphatic rings. The summed E-state index contributed by atoms with van der Waals surface area (Å²) in [5.41, 5.74) is 1.83. The normalized spacial score (nSPS) is 19.2. The molecule has 1 saturated carbocycles. The summed E-state index contributed by atoms with van der Waals surface area (Å²) < 4.78 is 16.6. The molecular formula is C24H44ClN3O7. The summed E-state index contributed by atoms with van der Waals surface area (Å²) >= 11 is 5.72. The van der Waals surface area contributed by atoms with E-state index in [-0.39, 0.29) is 18.6 Å². The van der Waals surface area contributed by atoms with Gasteiger partial charge in [-0.3, -0.25) is 0 Å². The maximum atomic E-state index is 12.9. The Hall–Kier alpha value is -1.78. The Morgan fingerprint density at radius 2 is 1.69 bits per heavy atom. The van der Waals surface area contributed by atoms with Crippen LogP contribution in [0.4, 0.5) is 9.59 Å². The number of aliphatic carboxylic acids is 1. The number of nitrogens with one attached hydrogen (secondary N) is 2. The van der Waals surface area contributed by atoms with Crippen molar-refractivity contribution in [2.45, 2.75) is 116 Å². The van der Waals surface area contributed by atoms with E-state index in [2.05, 4.69) is 10.7 Å². The fourth-order valence-corrected chi connectivity index (χ4v) is 3.75. The summed E-state index contributed by atoms with van der Waals surface area (Å²) in [6.45, 7) is 11.6. The van der Waals surface area contributed by atoms with Crippen LogP contribution in [0.15, 0.2) is 0 Å². The monoisotopic (exact) mass is 521 g/mol. The Kier molecular flexibility index (Phi) is 13.1. The lowest BCUT2D eigenvalue weighted by Gasteiger charge is -2.32. The molecule has 0 aromatic rings. The number of carboxylic acids is 1. The second-order valence-electron chi connectivity index (χ2n) is 10.8. The lowest BCUT2D eigenvalue weighted by Crippen LogP contribution is -2.51. The molecular weight excluding hydrogens is 478 g/mol. The zero-order valence-corrected chi connectivity index (χ0v) is 22.8. The van der Waals surface area contributed by atoms with Gasteiger partial charge >= 0.3 is 18.2 Å². The van der Waals surface area contributed by atoms with Gasteiger partial charge in [0.1, 0.15) is 17.2 Å². The number of nitrogens with zero attached hydrogens (tertiary/aromatic N) is 1. The minimum absolute atomic E-state index is 0.0635. The number of alkyl carbamates (subject to hydrolysis) is 1. The molecule has 0 bridgehead atoms. The standard InChI is InChI=1S/C24H44ClN3O7/c1-23(2,3)34-21(31)27-19(20(29)30)10-7-8-14-26-28(22(32)35-24(4,5)6)17-11-12-18(16-17)33-15-9-13-25/h17-19,26H,7-16H2,1-6H3,(H,27,31)(H,29,30)/t17?,18?,19-/m0/s1. The van der Waals surface area contributed by atoms with Gasteiger partial charge in [0.15, 0.2) is 0 Å². The van der Waals surface area contributed by atoms with E-state index in [1.54, 1.807) is 25.8 Å². The number of carboxylic acid groups (broad SMARTS) is 1. The number of amides is 2. The number of hydrogen-bond donors (Lipinski definition) is 3. The van der Waals surface area contributed by atoms with E-state index < -0.39 is 35.4 Å². The molecule has 204 valence electrons. The third kappa shape index (κ3) is 13.8. The molecule has 0 heterocycles. The van der Waals surface area contributed by atoms with Gasteiger partial charge in [-0.2, -0.15) is 0 Å². The number of rotatable bonds is 13. The quantitative estimate of drug-likeness (QED) is 0.184. The third-order valence-corrected chi connectivity index (χ3v) is 5.40. The molecule has 0 aromatic heterocycles. The summed E-state index contributed by atoms with van der Waals surface area (Å²) in [6.07, 6.45) is 3.36. The van der Waals surface area contributed by atoms with Crippen molar-refractivity contribution >= 4 is 29.8 Å². The van der Waals surface area contributed by atoms with Gasteiger partial charge in [0.05, 0.1) is 12.1 Å². The number of alkyl halides is 1. The number of hydrogen-bond acceptors (Lipinski definition) is 7. The molecule has 2 amide bonds. The third-order valence-electron chi connectivity index (χ3n) is 5.13. The summed E-state index contributed by atoms with van der Waals surface area (Å²) in [5, 5.41) is 13.4. The number of halogens is 1. The molecule has 11 heteroatoms. The largest absolute Gasteiger partial charge is 0.480 e. The predicted molar refractivity (Wildman–Crippen MR) is 133 cm³/mol. The molecule has 0 radical (unpaired) electrons. The van der Waals surface area contributed by atoms with E-state index >= 15 is 0 Å². The van der Waals surface area contributed by atoms with Crippen molar-refractivity contribution < 1.29 is 33.7 Å². The van der Waals surface area contributed by atoms with E-state index in [0.717, 1.165) is 19.3 Å². The second kappa shape index (κ2) is 14.7. The first-order valence-corrected chi connectivity index (χ1v) is 12.9. The Balaban J connectivity index is 2.58. The molecule has 1 rings (SSSR count). The number of unbranched alkanes of at least 4 members (excludes halogenated alkanes) is 1. The van der Waals surface area contributed by atoms with Gasteiger partial charge in [-0.15, -0.1) is 11.6 Å². The van der Waals surface area contributed by atoms with Crippen LogP contribution >= 0.6 is 11.6 Å². The first kappa shape index (κ1) is 31.3. The first-order chi connectivity index (χ1) is 16.2. The smallest absolute Gasteiger partial charge is 0.425 e. The molecule has 0 spiro atoms. The topological polar surface area (TPSA) is 126 Å². The first-order valence-electron chi connectivity index (χ1n) is 12.4. The predicted octanol–water partition coefficient (Wildman–Crippen LogP) is 4.44. The van der Waals surface area contributed by atoms with Crippen molar-refractivity contribution in [3.8, 4) is 0 Å². The van der Waals surface area contributed by atoms with Gasteiger partial charge < -0.3 is 24.6 Å². The average Bonchev–Trinajstić information content (AvgIpc) is 3.15. The fraction of sp³-hybridized carbons (Fsp3) is 0.875. The van der Waals surface area contributed by atoms with Crippen molar-refractivity contribution in [1.82, 2.24) is 15.8 Å². The molecule has 3 N–H and O–H groups in total. The van der Waals surface area contributed by atoms with Crippen molar-refractivity contribution in [3.05, 3.63) is 0 Å². The van der Waals surface area contributed by atoms with Crippen molar-refractivity contribution in [2.75, 3.05) is 19.0 Å². The maximum absolute atomic E-state index is 12.9. The Morgan fingerprint density at radius 3 is 2.26 bits per heavy atom. The summed E-state index contributed by atoms with van der Waals surface area (Å²) in [4.78, 5) is 36.3. The van der Waals surface area contributed by atoms with Crippen LogP contribution in [0.5, 0.6) is 0 Å². The Labute approximate surface area is 214 Å². The highest BCUT2D eigenvalue weighted by Crippen LogP contribution is 2.27. The Morgan fingerprint density at radius 1 is 1.03 bits per heavy atom. The molecule has 0 aliphatic heterocycles. The van der Waals surface area contributed by atoms with Crippen LogP contribution in [0, 0.1) is 0 Å². The van der Waals surface area contributed by atoms with Crippen LogP contribution in [0.25, 0.3) is 0 Å². The van der Waals surface area contributed by atoms with Gasteiger partial charge in [-0.05, 0) is 86.5 Å². The lowest BCUT2D eigenvalue weighted by atomic mass is 10.1. The van der Waals surface area contributed by atoms with Gasteiger partial charge in [-0.25, -0.2) is 24.8 Å². The number of carbonyl (C=O) groups is 3. The van der Waals surface area contributed by atoms with Crippen molar-refractivity contribution in [2.24, 2.45) is 0 Å². The van der Waals surface area contributed by atoms with E-state index in [1.165, 1.54) is 0 Å². The van der Waals surface area contributed by atoms with Gasteiger partial charge in [0.2, 0.25) is 0 Å². The van der Waals surface area contributed by atoms with Crippen molar-refractivity contribution in [3.63, 3.8) is 0 Å². The number of hydrazine groups is 1. The van der Waals surface area contributed by atoms with Gasteiger partial charge in [0.25, 0.3) is 0 Å². The van der Waals surface area contributed by atoms with Gasteiger partial charge in [0, 0.05) is 19.0 Å². The molecule has 35 heavy (non-hydrogen) atoms. The minimum Gasteiger partial charge on any atom is -0.480 e. The molecule has 1 fully saturated rings. The highest BCUT2D eigenvalue weighted by atomic mass is 35.5. The van der Waals surface area contributed by atoms with Crippen LogP contribution < -0.4 is 10.7 Å². The lowest BCUT2D eigenvalue weighted by molar-refractivity contribution is -0.139. The van der Waals surface area contributed by atoms with Crippen LogP contribution in [-0.4, -0.2) is 76.7 Å². The number of ether oxygens (including phenoxy) is 3. The second-order valence-corrected chi connectivity index (χ2v) is 11.2. The highest BCUT2D eigenvalue weighted by Gasteiger charge is 2.35. The van der Waals surface area contributed by atoms with Gasteiger partial charge in [-0.1, -0.05) is 0 Å². The molecule has 10 nitrogen and oxygen atoms in total. The summed E-state index contributed by atoms with van der Waals surface area (Å²) in [7, 11) is 0. The molecule has 2 unspecified atom stereocenters. The van der Waals surface area contributed by atoms with E-state index in [1.807, 2.05) is 20.8 Å². The highest BCUT2D eigenvalue weighted by molar-refractivity contribution is 6.17. The zero-order valence-electron chi connectivity index (χ0n) is 22.0. The van der Waals surface area contributed by atoms with Crippen LogP contribution in [0.1, 0.15) is 86.5 Å². The molecule has 3 atom stereocenters. The van der Waals surface area contributed by atoms with Crippen molar-refractivity contribution in [1.29, 1.82) is 0 Å². The van der Waals surface area contributed by atoms with E-state index in [0.29, 0.717) is 38.3 Å². The average molecular weight is 522 g/mol. The zero-order chi connectivity index (χ0) is 26.6. The Bertz CT molecular complexity index is 679. The van der Waals surface area contributed by atoms with E-state index in [4.69, 9.17) is 25.8 Å². The maximum Gasteiger partial charge on any atom is 0.425 e. The van der Waals surface area contributed by atoms with Crippen LogP contribution in [-0.2, 0) is 19.0 Å². The molecule has 0 aromatic carbocycles. The number of carbonyl (C=O) groups excluding carboxylic acids is 2. The van der Waals surface area contributed by atoms with Crippen LogP contribution in [0.3, 0.4) is 0 Å².